The number of nitrogens with zero attached hydrogens (tertiary/aromatic N) is 3. The van der Waals surface area contributed by atoms with Crippen LogP contribution in [0.25, 0.3) is 5.69 Å². The molecule has 1 aliphatic rings. The summed E-state index contributed by atoms with van der Waals surface area (Å²) in [7, 11) is 0. The van der Waals surface area contributed by atoms with E-state index < -0.39 is 5.97 Å². The lowest BCUT2D eigenvalue weighted by atomic mass is 9.99. The van der Waals surface area contributed by atoms with Gasteiger partial charge in [0.25, 0.3) is 0 Å². The van der Waals surface area contributed by atoms with Gasteiger partial charge in [0.05, 0.1) is 11.9 Å². The van der Waals surface area contributed by atoms with Crippen LogP contribution in [-0.4, -0.2) is 45.7 Å². The molecule has 1 aliphatic heterocycles. The maximum Gasteiger partial charge on any atom is 0.341 e. The molecule has 0 aliphatic carbocycles. The Bertz CT molecular complexity index is 654. The Hall–Kier alpha value is -2.34. The Morgan fingerprint density at radius 3 is 2.77 bits per heavy atom. The SMILES string of the molecule is O=C(O)c1cnn(-c2ccccc2)c1N1CCCC(CO)C1. The summed E-state index contributed by atoms with van der Waals surface area (Å²) in [5.41, 5.74) is 1.03. The molecule has 1 atom stereocenters. The fourth-order valence-corrected chi connectivity index (χ4v) is 2.96. The van der Waals surface area contributed by atoms with Gasteiger partial charge >= 0.3 is 5.97 Å². The average molecular weight is 301 g/mol. The lowest BCUT2D eigenvalue weighted by molar-refractivity contribution is 0.0697. The first-order chi connectivity index (χ1) is 10.7. The lowest BCUT2D eigenvalue weighted by Gasteiger charge is -2.34. The minimum Gasteiger partial charge on any atom is -0.477 e. The maximum absolute atomic E-state index is 11.5. The Balaban J connectivity index is 2.04. The summed E-state index contributed by atoms with van der Waals surface area (Å²) in [6, 6.07) is 9.50. The van der Waals surface area contributed by atoms with Crippen LogP contribution in [0.15, 0.2) is 36.5 Å². The predicted octanol–water partition coefficient (Wildman–Crippen LogP) is 1.78. The van der Waals surface area contributed by atoms with E-state index >= 15 is 0 Å². The number of carboxylic acids is 1. The van der Waals surface area contributed by atoms with Crippen molar-refractivity contribution in [2.24, 2.45) is 5.92 Å². The third kappa shape index (κ3) is 2.69. The fourth-order valence-electron chi connectivity index (χ4n) is 2.96. The molecule has 1 aromatic carbocycles. The molecule has 6 heteroatoms. The van der Waals surface area contributed by atoms with Gasteiger partial charge in [0, 0.05) is 19.7 Å². The molecule has 1 aromatic heterocycles. The molecule has 1 unspecified atom stereocenters. The van der Waals surface area contributed by atoms with Crippen LogP contribution >= 0.6 is 0 Å². The first-order valence-electron chi connectivity index (χ1n) is 7.43. The van der Waals surface area contributed by atoms with Gasteiger partial charge in [-0.3, -0.25) is 0 Å². The third-order valence-corrected chi connectivity index (χ3v) is 4.05. The maximum atomic E-state index is 11.5. The summed E-state index contributed by atoms with van der Waals surface area (Å²) in [6.45, 7) is 1.54. The van der Waals surface area contributed by atoms with Crippen molar-refractivity contribution in [2.45, 2.75) is 12.8 Å². The van der Waals surface area contributed by atoms with Gasteiger partial charge in [0.1, 0.15) is 11.4 Å². The van der Waals surface area contributed by atoms with Gasteiger partial charge in [-0.05, 0) is 30.9 Å². The minimum atomic E-state index is -0.983. The molecule has 0 bridgehead atoms. The first-order valence-corrected chi connectivity index (χ1v) is 7.43. The summed E-state index contributed by atoms with van der Waals surface area (Å²) in [4.78, 5) is 13.6. The van der Waals surface area contributed by atoms with E-state index in [1.807, 2.05) is 35.2 Å². The number of para-hydroxylation sites is 1. The zero-order valence-corrected chi connectivity index (χ0v) is 12.2. The monoisotopic (exact) mass is 301 g/mol. The van der Waals surface area contributed by atoms with Crippen molar-refractivity contribution in [3.63, 3.8) is 0 Å². The molecule has 2 aromatic rings. The normalized spacial score (nSPS) is 18.4. The zero-order chi connectivity index (χ0) is 15.5. The highest BCUT2D eigenvalue weighted by atomic mass is 16.4. The number of rotatable bonds is 4. The number of anilines is 1. The second-order valence-electron chi connectivity index (χ2n) is 5.57. The van der Waals surface area contributed by atoms with E-state index in [9.17, 15) is 15.0 Å². The lowest BCUT2D eigenvalue weighted by Crippen LogP contribution is -2.38. The minimum absolute atomic E-state index is 0.123. The molecule has 0 saturated carbocycles. The highest BCUT2D eigenvalue weighted by Crippen LogP contribution is 2.28. The standard InChI is InChI=1S/C16H19N3O3/c20-11-12-5-4-8-18(10-12)15-14(16(21)22)9-17-19(15)13-6-2-1-3-7-13/h1-3,6-7,9,12,20H,4-5,8,10-11H2,(H,21,22). The van der Waals surface area contributed by atoms with E-state index in [0.29, 0.717) is 12.4 Å². The van der Waals surface area contributed by atoms with E-state index in [1.165, 1.54) is 6.20 Å². The Morgan fingerprint density at radius 2 is 2.09 bits per heavy atom. The molecule has 0 radical (unpaired) electrons. The molecule has 6 nitrogen and oxygen atoms in total. The number of carbonyl (C=O) groups is 1. The molecule has 1 saturated heterocycles. The quantitative estimate of drug-likeness (QED) is 0.900. The van der Waals surface area contributed by atoms with Gasteiger partial charge in [-0.15, -0.1) is 0 Å². The van der Waals surface area contributed by atoms with Crippen molar-refractivity contribution in [2.75, 3.05) is 24.6 Å². The molecular weight excluding hydrogens is 282 g/mol. The molecule has 0 amide bonds. The first kappa shape index (κ1) is 14.6. The summed E-state index contributed by atoms with van der Waals surface area (Å²) in [5.74, 6) is -0.213. The van der Waals surface area contributed by atoms with Crippen LogP contribution < -0.4 is 4.90 Å². The van der Waals surface area contributed by atoms with Gasteiger partial charge in [-0.1, -0.05) is 18.2 Å². The largest absolute Gasteiger partial charge is 0.477 e. The van der Waals surface area contributed by atoms with Crippen molar-refractivity contribution in [1.82, 2.24) is 9.78 Å². The number of piperidine rings is 1. The number of aliphatic hydroxyl groups excluding tert-OH is 1. The number of hydrogen-bond acceptors (Lipinski definition) is 4. The summed E-state index contributed by atoms with van der Waals surface area (Å²) in [6.07, 6.45) is 3.30. The van der Waals surface area contributed by atoms with Crippen molar-refractivity contribution >= 4 is 11.8 Å². The molecule has 116 valence electrons. The molecule has 3 rings (SSSR count). The van der Waals surface area contributed by atoms with Crippen molar-refractivity contribution in [3.05, 3.63) is 42.1 Å². The van der Waals surface area contributed by atoms with Gasteiger partial charge in [-0.25, -0.2) is 9.48 Å². The van der Waals surface area contributed by atoms with Crippen LogP contribution in [-0.2, 0) is 0 Å². The van der Waals surface area contributed by atoms with E-state index in [4.69, 9.17) is 0 Å². The number of aromatic carboxylic acids is 1. The predicted molar refractivity (Wildman–Crippen MR) is 82.5 cm³/mol. The summed E-state index contributed by atoms with van der Waals surface area (Å²) >= 11 is 0. The van der Waals surface area contributed by atoms with Gasteiger partial charge in [-0.2, -0.15) is 5.10 Å². The molecule has 1 fully saturated rings. The molecule has 2 N–H and O–H groups in total. The smallest absolute Gasteiger partial charge is 0.341 e. The van der Waals surface area contributed by atoms with Crippen LogP contribution in [0, 0.1) is 5.92 Å². The number of hydrogen-bond donors (Lipinski definition) is 2. The molecule has 0 spiro atoms. The van der Waals surface area contributed by atoms with Crippen LogP contribution in [0.3, 0.4) is 0 Å². The number of benzene rings is 1. The van der Waals surface area contributed by atoms with E-state index in [2.05, 4.69) is 5.10 Å². The highest BCUT2D eigenvalue weighted by molar-refractivity contribution is 5.93. The molecular formula is C16H19N3O3. The number of aliphatic hydroxyl groups is 1. The Kier molecular flexibility index (Phi) is 4.11. The Labute approximate surface area is 128 Å². The molecule has 2 heterocycles. The fraction of sp³-hybridized carbons (Fsp3) is 0.375. The van der Waals surface area contributed by atoms with Gasteiger partial charge < -0.3 is 15.1 Å². The molecule has 22 heavy (non-hydrogen) atoms. The van der Waals surface area contributed by atoms with E-state index in [0.717, 1.165) is 25.1 Å². The van der Waals surface area contributed by atoms with Crippen LogP contribution in [0.4, 0.5) is 5.82 Å². The van der Waals surface area contributed by atoms with E-state index in [1.54, 1.807) is 4.68 Å². The summed E-state index contributed by atoms with van der Waals surface area (Å²) in [5, 5.41) is 23.1. The van der Waals surface area contributed by atoms with Crippen molar-refractivity contribution in [1.29, 1.82) is 0 Å². The van der Waals surface area contributed by atoms with Crippen LogP contribution in [0.5, 0.6) is 0 Å². The van der Waals surface area contributed by atoms with Gasteiger partial charge in [0.15, 0.2) is 0 Å². The van der Waals surface area contributed by atoms with Crippen molar-refractivity contribution in [3.8, 4) is 5.69 Å². The summed E-state index contributed by atoms with van der Waals surface area (Å²) < 4.78 is 1.67. The highest BCUT2D eigenvalue weighted by Gasteiger charge is 2.27. The van der Waals surface area contributed by atoms with Crippen LogP contribution in [0.1, 0.15) is 23.2 Å². The Morgan fingerprint density at radius 1 is 1.32 bits per heavy atom. The average Bonchev–Trinajstić information content (AvgIpc) is 3.01. The third-order valence-electron chi connectivity index (χ3n) is 4.05. The number of carboxylic acid groups (broad SMARTS) is 1. The van der Waals surface area contributed by atoms with Crippen molar-refractivity contribution < 1.29 is 15.0 Å². The second-order valence-corrected chi connectivity index (χ2v) is 5.57. The number of aromatic nitrogens is 2. The van der Waals surface area contributed by atoms with E-state index in [-0.39, 0.29) is 18.1 Å². The van der Waals surface area contributed by atoms with Crippen LogP contribution in [0.2, 0.25) is 0 Å². The zero-order valence-electron chi connectivity index (χ0n) is 12.2. The second kappa shape index (κ2) is 6.19. The topological polar surface area (TPSA) is 78.6 Å². The van der Waals surface area contributed by atoms with Gasteiger partial charge in [0.2, 0.25) is 0 Å².